The highest BCUT2D eigenvalue weighted by Gasteiger charge is 2.08. The molecule has 0 aromatic heterocycles. The lowest BCUT2D eigenvalue weighted by Gasteiger charge is -2.09. The van der Waals surface area contributed by atoms with E-state index in [1.807, 2.05) is 18.2 Å². The average Bonchev–Trinajstić information content (AvgIpc) is 2.43. The van der Waals surface area contributed by atoms with Crippen LogP contribution in [0.15, 0.2) is 46.2 Å². The van der Waals surface area contributed by atoms with Gasteiger partial charge in [0.15, 0.2) is 0 Å². The molecule has 106 valence electrons. The Morgan fingerprint density at radius 2 is 1.75 bits per heavy atom. The topological polar surface area (TPSA) is 12.0 Å². The van der Waals surface area contributed by atoms with Crippen molar-refractivity contribution in [1.29, 1.82) is 0 Å². The van der Waals surface area contributed by atoms with E-state index in [2.05, 4.69) is 18.3 Å². The van der Waals surface area contributed by atoms with Crippen LogP contribution in [0.2, 0.25) is 15.1 Å². The Hall–Kier alpha value is -0.380. The SMILES string of the molecule is CCNCc1ccc(Sc2cc(Cl)ccc2Cl)c(Cl)c1. The second-order valence-corrected chi connectivity index (χ2v) is 6.56. The van der Waals surface area contributed by atoms with Crippen molar-refractivity contribution in [2.45, 2.75) is 23.3 Å². The molecule has 0 unspecified atom stereocenters. The van der Waals surface area contributed by atoms with E-state index in [-0.39, 0.29) is 0 Å². The highest BCUT2D eigenvalue weighted by atomic mass is 35.5. The standard InChI is InChI=1S/C15H14Cl3NS/c1-2-19-9-10-3-6-14(13(18)7-10)20-15-8-11(16)4-5-12(15)17/h3-8,19H,2,9H2,1H3. The van der Waals surface area contributed by atoms with Crippen LogP contribution in [0.1, 0.15) is 12.5 Å². The third-order valence-corrected chi connectivity index (χ3v) is 4.92. The second kappa shape index (κ2) is 7.58. The van der Waals surface area contributed by atoms with Gasteiger partial charge in [-0.05, 0) is 42.4 Å². The monoisotopic (exact) mass is 345 g/mol. The van der Waals surface area contributed by atoms with Crippen LogP contribution in [0.5, 0.6) is 0 Å². The van der Waals surface area contributed by atoms with Gasteiger partial charge < -0.3 is 5.32 Å². The zero-order valence-corrected chi connectivity index (χ0v) is 14.0. The third kappa shape index (κ3) is 4.31. The van der Waals surface area contributed by atoms with Crippen LogP contribution < -0.4 is 5.32 Å². The van der Waals surface area contributed by atoms with Crippen LogP contribution >= 0.6 is 46.6 Å². The first-order chi connectivity index (χ1) is 9.60. The summed E-state index contributed by atoms with van der Waals surface area (Å²) in [5, 5.41) is 5.33. The van der Waals surface area contributed by atoms with E-state index >= 15 is 0 Å². The molecule has 1 N–H and O–H groups in total. The molecular weight excluding hydrogens is 333 g/mol. The number of benzene rings is 2. The highest BCUT2D eigenvalue weighted by Crippen LogP contribution is 2.38. The molecule has 1 nitrogen and oxygen atoms in total. The number of nitrogens with one attached hydrogen (secondary N) is 1. The minimum absolute atomic E-state index is 0.664. The molecule has 0 radical (unpaired) electrons. The van der Waals surface area contributed by atoms with E-state index in [1.165, 1.54) is 17.3 Å². The zero-order valence-electron chi connectivity index (χ0n) is 10.9. The van der Waals surface area contributed by atoms with E-state index in [0.717, 1.165) is 27.9 Å². The number of hydrogen-bond acceptors (Lipinski definition) is 2. The molecule has 0 saturated heterocycles. The number of hydrogen-bond donors (Lipinski definition) is 1. The van der Waals surface area contributed by atoms with Crippen molar-refractivity contribution >= 4 is 46.6 Å². The van der Waals surface area contributed by atoms with Crippen molar-refractivity contribution in [2.75, 3.05) is 6.54 Å². The maximum absolute atomic E-state index is 6.33. The maximum atomic E-state index is 6.33. The molecule has 0 aliphatic carbocycles. The van der Waals surface area contributed by atoms with Gasteiger partial charge in [0.25, 0.3) is 0 Å². The summed E-state index contributed by atoms with van der Waals surface area (Å²) in [5.41, 5.74) is 1.17. The van der Waals surface area contributed by atoms with Crippen LogP contribution in [0.25, 0.3) is 0 Å². The third-order valence-electron chi connectivity index (χ3n) is 2.69. The number of halogens is 3. The first kappa shape index (κ1) is 16.0. The van der Waals surface area contributed by atoms with Crippen molar-refractivity contribution in [1.82, 2.24) is 5.32 Å². The van der Waals surface area contributed by atoms with Gasteiger partial charge in [-0.1, -0.05) is 59.6 Å². The molecule has 0 aliphatic heterocycles. The Kier molecular flexibility index (Phi) is 6.06. The minimum Gasteiger partial charge on any atom is -0.313 e. The van der Waals surface area contributed by atoms with E-state index < -0.39 is 0 Å². The van der Waals surface area contributed by atoms with Crippen molar-refractivity contribution in [2.24, 2.45) is 0 Å². The van der Waals surface area contributed by atoms with Crippen LogP contribution in [0, 0.1) is 0 Å². The van der Waals surface area contributed by atoms with Crippen molar-refractivity contribution in [3.05, 3.63) is 57.0 Å². The highest BCUT2D eigenvalue weighted by molar-refractivity contribution is 7.99. The first-order valence-electron chi connectivity index (χ1n) is 6.22. The second-order valence-electron chi connectivity index (χ2n) is 4.22. The molecule has 20 heavy (non-hydrogen) atoms. The Bertz CT molecular complexity index is 602. The molecule has 2 aromatic rings. The average molecular weight is 347 g/mol. The summed E-state index contributed by atoms with van der Waals surface area (Å²) >= 11 is 20.0. The van der Waals surface area contributed by atoms with Crippen molar-refractivity contribution < 1.29 is 0 Å². The van der Waals surface area contributed by atoms with Gasteiger partial charge in [-0.15, -0.1) is 0 Å². The summed E-state index contributed by atoms with van der Waals surface area (Å²) in [5.74, 6) is 0. The number of rotatable bonds is 5. The molecule has 0 spiro atoms. The van der Waals surface area contributed by atoms with Gasteiger partial charge in [0, 0.05) is 21.4 Å². The van der Waals surface area contributed by atoms with Crippen LogP contribution in [0.4, 0.5) is 0 Å². The molecule has 0 aliphatic rings. The summed E-state index contributed by atoms with van der Waals surface area (Å²) in [6.07, 6.45) is 0. The first-order valence-corrected chi connectivity index (χ1v) is 8.17. The fourth-order valence-corrected chi connectivity index (χ4v) is 3.35. The summed E-state index contributed by atoms with van der Waals surface area (Å²) in [4.78, 5) is 1.87. The Morgan fingerprint density at radius 3 is 2.45 bits per heavy atom. The molecule has 2 rings (SSSR count). The lowest BCUT2D eigenvalue weighted by molar-refractivity contribution is 0.726. The zero-order chi connectivity index (χ0) is 14.5. The van der Waals surface area contributed by atoms with Gasteiger partial charge in [-0.3, -0.25) is 0 Å². The van der Waals surface area contributed by atoms with Crippen molar-refractivity contribution in [3.8, 4) is 0 Å². The summed E-state index contributed by atoms with van der Waals surface area (Å²) < 4.78 is 0. The lowest BCUT2D eigenvalue weighted by Crippen LogP contribution is -2.11. The van der Waals surface area contributed by atoms with Gasteiger partial charge in [-0.25, -0.2) is 0 Å². The fourth-order valence-electron chi connectivity index (χ4n) is 1.68. The van der Waals surface area contributed by atoms with E-state index in [9.17, 15) is 0 Å². The predicted molar refractivity (Wildman–Crippen MR) is 89.4 cm³/mol. The summed E-state index contributed by atoms with van der Waals surface area (Å²) in [6.45, 7) is 3.83. The van der Waals surface area contributed by atoms with Crippen LogP contribution in [-0.4, -0.2) is 6.54 Å². The molecule has 0 saturated carbocycles. The summed E-state index contributed by atoms with van der Waals surface area (Å²) in [7, 11) is 0. The van der Waals surface area contributed by atoms with Gasteiger partial charge in [0.2, 0.25) is 0 Å². The van der Waals surface area contributed by atoms with Gasteiger partial charge in [0.05, 0.1) is 10.0 Å². The largest absolute Gasteiger partial charge is 0.313 e. The Morgan fingerprint density at radius 1 is 0.950 bits per heavy atom. The molecule has 0 fully saturated rings. The van der Waals surface area contributed by atoms with Crippen molar-refractivity contribution in [3.63, 3.8) is 0 Å². The van der Waals surface area contributed by atoms with E-state index in [0.29, 0.717) is 10.0 Å². The smallest absolute Gasteiger partial charge is 0.0548 e. The molecule has 5 heteroatoms. The minimum atomic E-state index is 0.664. The van der Waals surface area contributed by atoms with Crippen LogP contribution in [-0.2, 0) is 6.54 Å². The van der Waals surface area contributed by atoms with E-state index in [4.69, 9.17) is 34.8 Å². The molecule has 0 atom stereocenters. The molecule has 0 heterocycles. The summed E-state index contributed by atoms with van der Waals surface area (Å²) in [6, 6.07) is 11.5. The van der Waals surface area contributed by atoms with Gasteiger partial charge in [-0.2, -0.15) is 0 Å². The maximum Gasteiger partial charge on any atom is 0.0548 e. The molecular formula is C15H14Cl3NS. The Balaban J connectivity index is 2.19. The molecule has 0 amide bonds. The fraction of sp³-hybridized carbons (Fsp3) is 0.200. The van der Waals surface area contributed by atoms with E-state index in [1.54, 1.807) is 12.1 Å². The Labute approximate surface area is 138 Å². The molecule has 0 bridgehead atoms. The lowest BCUT2D eigenvalue weighted by atomic mass is 10.2. The van der Waals surface area contributed by atoms with Gasteiger partial charge >= 0.3 is 0 Å². The normalized spacial score (nSPS) is 10.8. The van der Waals surface area contributed by atoms with Gasteiger partial charge in [0.1, 0.15) is 0 Å². The molecule has 2 aromatic carbocycles. The quantitative estimate of drug-likeness (QED) is 0.722. The predicted octanol–water partition coefficient (Wildman–Crippen LogP) is 5.91. The van der Waals surface area contributed by atoms with Crippen LogP contribution in [0.3, 0.4) is 0 Å².